The predicted octanol–water partition coefficient (Wildman–Crippen LogP) is 1.63. The highest BCUT2D eigenvalue weighted by Crippen LogP contribution is 2.46. The normalized spacial score (nSPS) is 14.9. The number of carbonyl (C=O) groups excluding carboxylic acids is 2. The number of benzene rings is 1. The van der Waals surface area contributed by atoms with Crippen LogP contribution in [-0.2, 0) is 9.59 Å². The summed E-state index contributed by atoms with van der Waals surface area (Å²) in [6.45, 7) is 2.31. The van der Waals surface area contributed by atoms with Crippen LogP contribution in [-0.4, -0.2) is 29.6 Å². The van der Waals surface area contributed by atoms with Crippen LogP contribution in [0.1, 0.15) is 19.8 Å². The zero-order valence-corrected chi connectivity index (χ0v) is 11.6. The van der Waals surface area contributed by atoms with E-state index in [1.807, 2.05) is 0 Å². The number of carbonyl (C=O) groups is 3. The number of anilines is 2. The lowest BCUT2D eigenvalue weighted by molar-refractivity contribution is -0.147. The van der Waals surface area contributed by atoms with Gasteiger partial charge in [-0.25, -0.2) is 4.79 Å². The fourth-order valence-electron chi connectivity index (χ4n) is 1.92. The predicted molar refractivity (Wildman–Crippen MR) is 77.1 cm³/mol. The van der Waals surface area contributed by atoms with Crippen LogP contribution in [0.3, 0.4) is 0 Å². The summed E-state index contributed by atoms with van der Waals surface area (Å²) in [6, 6.07) is 6.21. The third-order valence-corrected chi connectivity index (χ3v) is 3.31. The van der Waals surface area contributed by atoms with Gasteiger partial charge in [0.2, 0.25) is 5.91 Å². The molecule has 21 heavy (non-hydrogen) atoms. The molecule has 0 heterocycles. The van der Waals surface area contributed by atoms with Crippen molar-refractivity contribution in [2.75, 3.05) is 17.2 Å². The van der Waals surface area contributed by atoms with Crippen molar-refractivity contribution in [3.8, 4) is 0 Å². The second-order valence-electron chi connectivity index (χ2n) is 4.91. The van der Waals surface area contributed by atoms with Gasteiger partial charge in [-0.15, -0.1) is 0 Å². The molecule has 0 atom stereocenters. The highest BCUT2D eigenvalue weighted by molar-refractivity contribution is 6.11. The van der Waals surface area contributed by atoms with Crippen molar-refractivity contribution in [2.45, 2.75) is 19.8 Å². The largest absolute Gasteiger partial charge is 0.480 e. The molecule has 0 radical (unpaired) electrons. The van der Waals surface area contributed by atoms with Gasteiger partial charge in [-0.3, -0.25) is 9.59 Å². The number of carboxylic acids is 1. The first-order chi connectivity index (χ1) is 9.98. The standard InChI is InChI=1S/C14H17N3O4/c1-2-15-13(21)17-10-5-3-4-9(8-10)16-11(18)14(6-7-14)12(19)20/h3-5,8H,2,6-7H2,1H3,(H,16,18)(H,19,20)(H2,15,17,21). The Balaban J connectivity index is 2.03. The molecule has 0 spiro atoms. The monoisotopic (exact) mass is 291 g/mol. The van der Waals surface area contributed by atoms with Crippen LogP contribution < -0.4 is 16.0 Å². The van der Waals surface area contributed by atoms with Gasteiger partial charge in [0.05, 0.1) is 0 Å². The topological polar surface area (TPSA) is 108 Å². The molecule has 0 aliphatic heterocycles. The van der Waals surface area contributed by atoms with E-state index >= 15 is 0 Å². The van der Waals surface area contributed by atoms with Crippen LogP contribution in [0, 0.1) is 5.41 Å². The van der Waals surface area contributed by atoms with Gasteiger partial charge in [0.1, 0.15) is 5.41 Å². The Kier molecular flexibility index (Phi) is 4.11. The molecule has 3 amide bonds. The summed E-state index contributed by atoms with van der Waals surface area (Å²) in [5, 5.41) is 16.8. The second kappa shape index (κ2) is 5.82. The van der Waals surface area contributed by atoms with Crippen LogP contribution >= 0.6 is 0 Å². The van der Waals surface area contributed by atoms with Crippen molar-refractivity contribution in [1.82, 2.24) is 5.32 Å². The van der Waals surface area contributed by atoms with Gasteiger partial charge in [-0.05, 0) is 38.0 Å². The van der Waals surface area contributed by atoms with Crippen LogP contribution in [0.5, 0.6) is 0 Å². The average molecular weight is 291 g/mol. The van der Waals surface area contributed by atoms with Gasteiger partial charge >= 0.3 is 12.0 Å². The molecule has 1 aliphatic carbocycles. The maximum absolute atomic E-state index is 12.0. The molecule has 0 aromatic heterocycles. The van der Waals surface area contributed by atoms with E-state index in [1.54, 1.807) is 31.2 Å². The number of hydrogen-bond acceptors (Lipinski definition) is 3. The van der Waals surface area contributed by atoms with Crippen molar-refractivity contribution < 1.29 is 19.5 Å². The van der Waals surface area contributed by atoms with Crippen molar-refractivity contribution in [2.24, 2.45) is 5.41 Å². The molecule has 0 bridgehead atoms. The Morgan fingerprint density at radius 3 is 2.33 bits per heavy atom. The first-order valence-electron chi connectivity index (χ1n) is 6.68. The lowest BCUT2D eigenvalue weighted by Crippen LogP contribution is -2.31. The Bertz CT molecular complexity index is 581. The quantitative estimate of drug-likeness (QED) is 0.618. The van der Waals surface area contributed by atoms with E-state index in [1.165, 1.54) is 0 Å². The zero-order valence-electron chi connectivity index (χ0n) is 11.6. The Hall–Kier alpha value is -2.57. The molecule has 7 nitrogen and oxygen atoms in total. The number of hydrogen-bond donors (Lipinski definition) is 4. The van der Waals surface area contributed by atoms with Crippen LogP contribution in [0.2, 0.25) is 0 Å². The van der Waals surface area contributed by atoms with E-state index in [4.69, 9.17) is 5.11 Å². The molecule has 2 rings (SSSR count). The molecule has 112 valence electrons. The van der Waals surface area contributed by atoms with Crippen LogP contribution in [0.25, 0.3) is 0 Å². The van der Waals surface area contributed by atoms with Crippen molar-refractivity contribution in [3.05, 3.63) is 24.3 Å². The number of carboxylic acid groups (broad SMARTS) is 1. The molecular formula is C14H17N3O4. The first-order valence-corrected chi connectivity index (χ1v) is 6.68. The van der Waals surface area contributed by atoms with Crippen molar-refractivity contribution in [1.29, 1.82) is 0 Å². The lowest BCUT2D eigenvalue weighted by Gasteiger charge is -2.12. The summed E-state index contributed by atoms with van der Waals surface area (Å²) in [5.41, 5.74) is -0.330. The van der Waals surface area contributed by atoms with Gasteiger partial charge < -0.3 is 21.1 Å². The molecular weight excluding hydrogens is 274 g/mol. The summed E-state index contributed by atoms with van der Waals surface area (Å²) in [4.78, 5) is 34.5. The Morgan fingerprint density at radius 1 is 1.19 bits per heavy atom. The molecule has 0 unspecified atom stereocenters. The Morgan fingerprint density at radius 2 is 1.81 bits per heavy atom. The van der Waals surface area contributed by atoms with Crippen LogP contribution in [0.4, 0.5) is 16.2 Å². The molecule has 0 saturated heterocycles. The average Bonchev–Trinajstić information content (AvgIpc) is 3.20. The van der Waals surface area contributed by atoms with E-state index in [9.17, 15) is 14.4 Å². The van der Waals surface area contributed by atoms with Gasteiger partial charge in [0.25, 0.3) is 0 Å². The zero-order chi connectivity index (χ0) is 15.5. The number of urea groups is 1. The summed E-state index contributed by atoms with van der Waals surface area (Å²) < 4.78 is 0. The third-order valence-electron chi connectivity index (χ3n) is 3.31. The van der Waals surface area contributed by atoms with Crippen LogP contribution in [0.15, 0.2) is 24.3 Å². The molecule has 7 heteroatoms. The molecule has 1 saturated carbocycles. The molecule has 1 aliphatic rings. The van der Waals surface area contributed by atoms with Gasteiger partial charge in [-0.2, -0.15) is 0 Å². The minimum atomic E-state index is -1.29. The maximum Gasteiger partial charge on any atom is 0.319 e. The maximum atomic E-state index is 12.0. The van der Waals surface area contributed by atoms with Crippen molar-refractivity contribution in [3.63, 3.8) is 0 Å². The van der Waals surface area contributed by atoms with E-state index in [2.05, 4.69) is 16.0 Å². The third kappa shape index (κ3) is 3.31. The summed E-state index contributed by atoms with van der Waals surface area (Å²) in [5.74, 6) is -1.62. The summed E-state index contributed by atoms with van der Waals surface area (Å²) in [6.07, 6.45) is 0.704. The number of aliphatic carboxylic acids is 1. The van der Waals surface area contributed by atoms with E-state index < -0.39 is 17.3 Å². The fraction of sp³-hybridized carbons (Fsp3) is 0.357. The van der Waals surface area contributed by atoms with Gasteiger partial charge in [0.15, 0.2) is 0 Å². The minimum absolute atomic E-state index is 0.342. The van der Waals surface area contributed by atoms with E-state index in [0.717, 1.165) is 0 Å². The van der Waals surface area contributed by atoms with E-state index in [0.29, 0.717) is 30.8 Å². The highest BCUT2D eigenvalue weighted by Gasteiger charge is 2.57. The van der Waals surface area contributed by atoms with Crippen molar-refractivity contribution >= 4 is 29.3 Å². The highest BCUT2D eigenvalue weighted by atomic mass is 16.4. The van der Waals surface area contributed by atoms with E-state index in [-0.39, 0.29) is 6.03 Å². The summed E-state index contributed by atoms with van der Waals surface area (Å²) >= 11 is 0. The Labute approximate surface area is 121 Å². The molecule has 1 fully saturated rings. The molecule has 4 N–H and O–H groups in total. The fourth-order valence-corrected chi connectivity index (χ4v) is 1.92. The number of amides is 3. The molecule has 1 aromatic carbocycles. The SMILES string of the molecule is CCNC(=O)Nc1cccc(NC(=O)C2(C(=O)O)CC2)c1. The second-order valence-corrected chi connectivity index (χ2v) is 4.91. The number of rotatable bonds is 5. The van der Waals surface area contributed by atoms with Gasteiger partial charge in [0, 0.05) is 17.9 Å². The summed E-state index contributed by atoms with van der Waals surface area (Å²) in [7, 11) is 0. The lowest BCUT2D eigenvalue weighted by atomic mass is 10.1. The minimum Gasteiger partial charge on any atom is -0.480 e. The molecule has 1 aromatic rings. The van der Waals surface area contributed by atoms with Gasteiger partial charge in [-0.1, -0.05) is 6.07 Å². The smallest absolute Gasteiger partial charge is 0.319 e. The number of nitrogens with one attached hydrogen (secondary N) is 3. The first kappa shape index (κ1) is 14.8.